The summed E-state index contributed by atoms with van der Waals surface area (Å²) in [4.78, 5) is 22.4. The highest BCUT2D eigenvalue weighted by molar-refractivity contribution is 5.96. The Morgan fingerprint density at radius 2 is 1.89 bits per heavy atom. The molecule has 0 saturated heterocycles. The van der Waals surface area contributed by atoms with Crippen LogP contribution in [0.5, 0.6) is 0 Å². The Bertz CT molecular complexity index is 247. The minimum atomic E-state index is -0.489. The zero-order valence-corrected chi connectivity index (χ0v) is 11.5. The second-order valence-electron chi connectivity index (χ2n) is 4.06. The number of hydrogen-bond acceptors (Lipinski definition) is 4. The molecule has 0 aromatic heterocycles. The van der Waals surface area contributed by atoms with Crippen LogP contribution in [0.2, 0.25) is 0 Å². The minimum Gasteiger partial charge on any atom is -0.381 e. The van der Waals surface area contributed by atoms with E-state index in [-0.39, 0.29) is 5.91 Å². The highest BCUT2D eigenvalue weighted by atomic mass is 16.5. The van der Waals surface area contributed by atoms with Crippen LogP contribution in [0.25, 0.3) is 0 Å². The molecule has 0 fully saturated rings. The summed E-state index contributed by atoms with van der Waals surface area (Å²) in [5.74, 6) is -0.332. The predicted octanol–water partition coefficient (Wildman–Crippen LogP) is 0.627. The molecule has 0 saturated carbocycles. The van der Waals surface area contributed by atoms with Gasteiger partial charge in [0.1, 0.15) is 0 Å². The van der Waals surface area contributed by atoms with Gasteiger partial charge in [-0.25, -0.2) is 4.79 Å². The van der Waals surface area contributed by atoms with Crippen molar-refractivity contribution in [2.75, 3.05) is 26.8 Å². The van der Waals surface area contributed by atoms with Crippen molar-refractivity contribution in [3.63, 3.8) is 0 Å². The number of urea groups is 1. The quantitative estimate of drug-likeness (QED) is 0.531. The van der Waals surface area contributed by atoms with Gasteiger partial charge in [0.2, 0.25) is 5.91 Å². The predicted molar refractivity (Wildman–Crippen MR) is 70.4 cm³/mol. The molecule has 0 aromatic rings. The third-order valence-corrected chi connectivity index (χ3v) is 2.42. The topological polar surface area (TPSA) is 79.5 Å². The highest BCUT2D eigenvalue weighted by Crippen LogP contribution is 1.90. The van der Waals surface area contributed by atoms with E-state index in [1.807, 2.05) is 0 Å². The summed E-state index contributed by atoms with van der Waals surface area (Å²) in [5.41, 5.74) is 0. The first-order chi connectivity index (χ1) is 8.61. The van der Waals surface area contributed by atoms with Gasteiger partial charge < -0.3 is 15.4 Å². The molecule has 0 aliphatic carbocycles. The van der Waals surface area contributed by atoms with E-state index in [1.165, 1.54) is 7.05 Å². The Hall–Kier alpha value is -1.14. The van der Waals surface area contributed by atoms with Crippen LogP contribution in [0.3, 0.4) is 0 Å². The van der Waals surface area contributed by atoms with E-state index in [2.05, 4.69) is 22.9 Å². The third kappa shape index (κ3) is 8.95. The van der Waals surface area contributed by atoms with Crippen LogP contribution in [0.1, 0.15) is 33.1 Å². The van der Waals surface area contributed by atoms with Gasteiger partial charge in [-0.05, 0) is 26.3 Å². The molecule has 6 nitrogen and oxygen atoms in total. The summed E-state index contributed by atoms with van der Waals surface area (Å²) in [6.45, 7) is 6.02. The molecular weight excluding hydrogens is 234 g/mol. The first-order valence-corrected chi connectivity index (χ1v) is 6.45. The average Bonchev–Trinajstić information content (AvgIpc) is 2.37. The van der Waals surface area contributed by atoms with Crippen LogP contribution in [-0.4, -0.2) is 44.8 Å². The van der Waals surface area contributed by atoms with Crippen LogP contribution in [0.15, 0.2) is 0 Å². The van der Waals surface area contributed by atoms with E-state index in [1.54, 1.807) is 6.92 Å². The maximum Gasteiger partial charge on any atom is 0.321 e. The second-order valence-corrected chi connectivity index (χ2v) is 4.06. The van der Waals surface area contributed by atoms with E-state index < -0.39 is 12.1 Å². The van der Waals surface area contributed by atoms with Gasteiger partial charge >= 0.3 is 6.03 Å². The number of unbranched alkanes of at least 4 members (excludes halogenated alkanes) is 1. The normalized spacial score (nSPS) is 11.9. The number of imide groups is 1. The van der Waals surface area contributed by atoms with Crippen LogP contribution in [0.4, 0.5) is 4.79 Å². The van der Waals surface area contributed by atoms with E-state index >= 15 is 0 Å². The highest BCUT2D eigenvalue weighted by Gasteiger charge is 2.13. The SMILES string of the molecule is CCCCOCCCNC(C)C(=O)NC(=O)NC. The lowest BCUT2D eigenvalue weighted by molar-refractivity contribution is -0.121. The van der Waals surface area contributed by atoms with Gasteiger partial charge in [0.15, 0.2) is 0 Å². The molecule has 106 valence electrons. The molecule has 0 radical (unpaired) electrons. The maximum atomic E-state index is 11.5. The maximum absolute atomic E-state index is 11.5. The molecule has 0 aliphatic heterocycles. The van der Waals surface area contributed by atoms with Crippen LogP contribution in [-0.2, 0) is 9.53 Å². The Kier molecular flexibility index (Phi) is 10.3. The Morgan fingerprint density at radius 1 is 1.22 bits per heavy atom. The first-order valence-electron chi connectivity index (χ1n) is 6.45. The summed E-state index contributed by atoms with van der Waals surface area (Å²) >= 11 is 0. The summed E-state index contributed by atoms with van der Waals surface area (Å²) in [6.07, 6.45) is 3.06. The number of nitrogens with one attached hydrogen (secondary N) is 3. The molecule has 3 N–H and O–H groups in total. The summed E-state index contributed by atoms with van der Waals surface area (Å²) in [5, 5.41) is 7.57. The summed E-state index contributed by atoms with van der Waals surface area (Å²) in [6, 6.07) is -0.880. The molecule has 1 unspecified atom stereocenters. The fraction of sp³-hybridized carbons (Fsp3) is 0.833. The summed E-state index contributed by atoms with van der Waals surface area (Å²) in [7, 11) is 1.47. The number of hydrogen-bond donors (Lipinski definition) is 3. The van der Waals surface area contributed by atoms with Gasteiger partial charge in [-0.15, -0.1) is 0 Å². The van der Waals surface area contributed by atoms with Crippen molar-refractivity contribution in [3.05, 3.63) is 0 Å². The zero-order valence-electron chi connectivity index (χ0n) is 11.5. The fourth-order valence-electron chi connectivity index (χ4n) is 1.22. The van der Waals surface area contributed by atoms with Gasteiger partial charge in [0.25, 0.3) is 0 Å². The molecule has 0 heterocycles. The minimum absolute atomic E-state index is 0.332. The second kappa shape index (κ2) is 11.0. The molecule has 0 aromatic carbocycles. The largest absolute Gasteiger partial charge is 0.381 e. The average molecular weight is 259 g/mol. The number of amides is 3. The van der Waals surface area contributed by atoms with Gasteiger partial charge in [0, 0.05) is 20.3 Å². The third-order valence-electron chi connectivity index (χ3n) is 2.42. The van der Waals surface area contributed by atoms with Crippen molar-refractivity contribution in [2.24, 2.45) is 0 Å². The Balaban J connectivity index is 3.49. The van der Waals surface area contributed by atoms with Gasteiger partial charge in [-0.1, -0.05) is 13.3 Å². The molecule has 1 atom stereocenters. The van der Waals surface area contributed by atoms with Crippen molar-refractivity contribution in [1.29, 1.82) is 0 Å². The lowest BCUT2D eigenvalue weighted by Crippen LogP contribution is -2.47. The standard InChI is InChI=1S/C12H25N3O3/c1-4-5-8-18-9-6-7-14-10(2)11(16)15-12(17)13-3/h10,14H,4-9H2,1-3H3,(H2,13,15,16,17). The van der Waals surface area contributed by atoms with Crippen molar-refractivity contribution in [2.45, 2.75) is 39.2 Å². The van der Waals surface area contributed by atoms with Crippen molar-refractivity contribution in [3.8, 4) is 0 Å². The molecule has 18 heavy (non-hydrogen) atoms. The van der Waals surface area contributed by atoms with Crippen molar-refractivity contribution >= 4 is 11.9 Å². The lowest BCUT2D eigenvalue weighted by atomic mass is 10.3. The smallest absolute Gasteiger partial charge is 0.321 e. The molecule has 0 bridgehead atoms. The first kappa shape index (κ1) is 16.9. The number of rotatable bonds is 9. The van der Waals surface area contributed by atoms with E-state index in [9.17, 15) is 9.59 Å². The van der Waals surface area contributed by atoms with Crippen LogP contribution >= 0.6 is 0 Å². The van der Waals surface area contributed by atoms with Gasteiger partial charge in [-0.2, -0.15) is 0 Å². The van der Waals surface area contributed by atoms with E-state index in [4.69, 9.17) is 4.74 Å². The molecule has 0 aliphatic rings. The van der Waals surface area contributed by atoms with Crippen LogP contribution < -0.4 is 16.0 Å². The van der Waals surface area contributed by atoms with Crippen molar-refractivity contribution in [1.82, 2.24) is 16.0 Å². The molecule has 0 rings (SSSR count). The molecule has 6 heteroatoms. The van der Waals surface area contributed by atoms with E-state index in [0.29, 0.717) is 13.2 Å². The fourth-order valence-corrected chi connectivity index (χ4v) is 1.22. The number of carbonyl (C=O) groups is 2. The van der Waals surface area contributed by atoms with Crippen molar-refractivity contribution < 1.29 is 14.3 Å². The van der Waals surface area contributed by atoms with Gasteiger partial charge in [-0.3, -0.25) is 10.1 Å². The van der Waals surface area contributed by atoms with Crippen LogP contribution in [0, 0.1) is 0 Å². The van der Waals surface area contributed by atoms with E-state index in [0.717, 1.165) is 25.9 Å². The molecule has 3 amide bonds. The van der Waals surface area contributed by atoms with Gasteiger partial charge in [0.05, 0.1) is 6.04 Å². The summed E-state index contributed by atoms with van der Waals surface area (Å²) < 4.78 is 5.39. The number of carbonyl (C=O) groups excluding carboxylic acids is 2. The molecule has 0 spiro atoms. The number of ether oxygens (including phenoxy) is 1. The lowest BCUT2D eigenvalue weighted by Gasteiger charge is -2.13. The monoisotopic (exact) mass is 259 g/mol. The molecular formula is C12H25N3O3. The zero-order chi connectivity index (χ0) is 13.8. The Labute approximate surface area is 109 Å². The Morgan fingerprint density at radius 3 is 2.50 bits per heavy atom.